The second-order valence-electron chi connectivity index (χ2n) is 9.51. The minimum absolute atomic E-state index is 0.0504. The van der Waals surface area contributed by atoms with Crippen LogP contribution in [0.25, 0.3) is 16.5 Å². The van der Waals surface area contributed by atoms with E-state index in [0.717, 1.165) is 33.4 Å². The quantitative estimate of drug-likeness (QED) is 0.425. The van der Waals surface area contributed by atoms with Gasteiger partial charge in [0.1, 0.15) is 5.82 Å². The first kappa shape index (κ1) is 22.9. The zero-order valence-corrected chi connectivity index (χ0v) is 20.7. The summed E-state index contributed by atoms with van der Waals surface area (Å²) < 4.78 is 30.8. The van der Waals surface area contributed by atoms with Crippen LogP contribution in [0.5, 0.6) is 0 Å². The van der Waals surface area contributed by atoms with Crippen molar-refractivity contribution in [3.63, 3.8) is 0 Å². The lowest BCUT2D eigenvalue weighted by molar-refractivity contribution is 0.587. The Morgan fingerprint density at radius 2 is 1.55 bits per heavy atom. The molecule has 0 unspecified atom stereocenters. The summed E-state index contributed by atoms with van der Waals surface area (Å²) in [6.07, 6.45) is 0. The number of nitrogens with zero attached hydrogens (tertiary/aromatic N) is 3. The minimum Gasteiger partial charge on any atom is -0.377 e. The highest BCUT2D eigenvalue weighted by molar-refractivity contribution is 7.92. The van der Waals surface area contributed by atoms with E-state index in [0.29, 0.717) is 5.82 Å². The predicted octanol–water partition coefficient (Wildman–Crippen LogP) is 5.50. The van der Waals surface area contributed by atoms with E-state index in [1.165, 1.54) is 0 Å². The maximum atomic E-state index is 13.2. The average molecular weight is 463 g/mol. The van der Waals surface area contributed by atoms with Crippen LogP contribution in [0, 0.1) is 6.92 Å². The van der Waals surface area contributed by atoms with Crippen molar-refractivity contribution in [2.24, 2.45) is 0 Å². The molecule has 0 bridgehead atoms. The molecular formula is C26H30N4O2S. The monoisotopic (exact) mass is 462 g/mol. The lowest BCUT2D eigenvalue weighted by Crippen LogP contribution is -2.17. The van der Waals surface area contributed by atoms with E-state index in [2.05, 4.69) is 41.6 Å². The second-order valence-corrected chi connectivity index (χ2v) is 11.2. The van der Waals surface area contributed by atoms with Crippen molar-refractivity contribution in [1.82, 2.24) is 9.78 Å². The van der Waals surface area contributed by atoms with Crippen LogP contribution in [0.15, 0.2) is 71.6 Å². The van der Waals surface area contributed by atoms with Crippen LogP contribution in [-0.4, -0.2) is 32.3 Å². The molecule has 1 heterocycles. The molecule has 3 aromatic carbocycles. The number of aromatic nitrogens is 2. The molecule has 7 heteroatoms. The van der Waals surface area contributed by atoms with E-state index in [1.54, 1.807) is 22.9 Å². The lowest BCUT2D eigenvalue weighted by atomic mass is 9.87. The number of rotatable bonds is 5. The van der Waals surface area contributed by atoms with Crippen molar-refractivity contribution in [2.75, 3.05) is 23.7 Å². The van der Waals surface area contributed by atoms with Crippen LogP contribution in [0.2, 0.25) is 0 Å². The summed E-state index contributed by atoms with van der Waals surface area (Å²) in [6, 6.07) is 20.8. The van der Waals surface area contributed by atoms with Crippen LogP contribution in [0.4, 0.5) is 11.5 Å². The van der Waals surface area contributed by atoms with Gasteiger partial charge in [0.15, 0.2) is 0 Å². The second kappa shape index (κ2) is 8.23. The molecule has 0 saturated carbocycles. The SMILES string of the molecule is Cc1cc(NS(=O)(=O)c2ccc(C(C)(C)C)cc2)n(-c2ccc(N(C)C)c3ccccc23)n1. The molecular weight excluding hydrogens is 432 g/mol. The van der Waals surface area contributed by atoms with E-state index in [9.17, 15) is 8.42 Å². The van der Waals surface area contributed by atoms with Gasteiger partial charge in [-0.2, -0.15) is 5.10 Å². The molecule has 0 aliphatic carbocycles. The van der Waals surface area contributed by atoms with E-state index < -0.39 is 10.0 Å². The summed E-state index contributed by atoms with van der Waals surface area (Å²) in [5.41, 5.74) is 3.64. The van der Waals surface area contributed by atoms with Crippen LogP contribution in [-0.2, 0) is 15.4 Å². The standard InChI is InChI=1S/C26H30N4O2S/c1-18-17-25(28-33(31,32)20-13-11-19(12-14-20)26(2,3)4)30(27-18)24-16-15-23(29(5)6)21-9-7-8-10-22(21)24/h7-17,28H,1-6H3. The number of sulfonamides is 1. The molecule has 172 valence electrons. The van der Waals surface area contributed by atoms with Gasteiger partial charge in [-0.25, -0.2) is 13.1 Å². The average Bonchev–Trinajstić information content (AvgIpc) is 3.11. The third kappa shape index (κ3) is 4.46. The van der Waals surface area contributed by atoms with Gasteiger partial charge in [0.05, 0.1) is 16.3 Å². The highest BCUT2D eigenvalue weighted by Crippen LogP contribution is 2.32. The van der Waals surface area contributed by atoms with Crippen molar-refractivity contribution in [3.05, 3.63) is 78.0 Å². The topological polar surface area (TPSA) is 67.2 Å². The molecule has 0 spiro atoms. The number of anilines is 2. The molecule has 0 amide bonds. The van der Waals surface area contributed by atoms with Crippen molar-refractivity contribution in [2.45, 2.75) is 38.0 Å². The van der Waals surface area contributed by atoms with Crippen molar-refractivity contribution < 1.29 is 8.42 Å². The summed E-state index contributed by atoms with van der Waals surface area (Å²) in [7, 11) is 0.221. The fraction of sp³-hybridized carbons (Fsp3) is 0.269. The molecule has 6 nitrogen and oxygen atoms in total. The Kier molecular flexibility index (Phi) is 5.70. The van der Waals surface area contributed by atoms with Gasteiger partial charge in [-0.1, -0.05) is 57.2 Å². The van der Waals surface area contributed by atoms with E-state index in [4.69, 9.17) is 0 Å². The Morgan fingerprint density at radius 3 is 2.15 bits per heavy atom. The van der Waals surface area contributed by atoms with E-state index in [1.807, 2.05) is 63.5 Å². The first-order valence-electron chi connectivity index (χ1n) is 10.9. The largest absolute Gasteiger partial charge is 0.377 e. The molecule has 4 rings (SSSR count). The number of nitrogens with one attached hydrogen (secondary N) is 1. The summed E-state index contributed by atoms with van der Waals surface area (Å²) in [6.45, 7) is 8.15. The van der Waals surface area contributed by atoms with Gasteiger partial charge >= 0.3 is 0 Å². The lowest BCUT2D eigenvalue weighted by Gasteiger charge is -2.19. The molecule has 0 saturated heterocycles. The first-order valence-corrected chi connectivity index (χ1v) is 12.4. The molecule has 0 radical (unpaired) electrons. The van der Waals surface area contributed by atoms with Gasteiger partial charge in [-0.05, 0) is 42.2 Å². The van der Waals surface area contributed by atoms with Gasteiger partial charge in [0, 0.05) is 36.6 Å². The molecule has 33 heavy (non-hydrogen) atoms. The van der Waals surface area contributed by atoms with Crippen LogP contribution in [0.3, 0.4) is 0 Å². The molecule has 4 aromatic rings. The third-order valence-electron chi connectivity index (χ3n) is 5.69. The Bertz CT molecular complexity index is 1410. The highest BCUT2D eigenvalue weighted by Gasteiger charge is 2.21. The minimum atomic E-state index is -3.79. The predicted molar refractivity (Wildman–Crippen MR) is 136 cm³/mol. The molecule has 0 atom stereocenters. The molecule has 1 N–H and O–H groups in total. The summed E-state index contributed by atoms with van der Waals surface area (Å²) in [5.74, 6) is 0.398. The number of hydrogen-bond acceptors (Lipinski definition) is 4. The number of fused-ring (bicyclic) bond motifs is 1. The van der Waals surface area contributed by atoms with E-state index >= 15 is 0 Å². The normalized spacial score (nSPS) is 12.2. The van der Waals surface area contributed by atoms with Gasteiger partial charge in [-0.3, -0.25) is 4.72 Å². The molecule has 0 fully saturated rings. The number of aryl methyl sites for hydroxylation is 1. The van der Waals surface area contributed by atoms with Crippen LogP contribution < -0.4 is 9.62 Å². The zero-order valence-electron chi connectivity index (χ0n) is 19.9. The summed E-state index contributed by atoms with van der Waals surface area (Å²) >= 11 is 0. The fourth-order valence-corrected chi connectivity index (χ4v) is 4.96. The number of benzene rings is 3. The van der Waals surface area contributed by atoms with Crippen LogP contribution in [0.1, 0.15) is 32.0 Å². The van der Waals surface area contributed by atoms with Gasteiger partial charge in [0.2, 0.25) is 0 Å². The maximum Gasteiger partial charge on any atom is 0.263 e. The summed E-state index contributed by atoms with van der Waals surface area (Å²) in [5, 5.41) is 6.66. The van der Waals surface area contributed by atoms with Gasteiger partial charge in [0.25, 0.3) is 10.0 Å². The van der Waals surface area contributed by atoms with Crippen molar-refractivity contribution in [3.8, 4) is 5.69 Å². The van der Waals surface area contributed by atoms with Crippen molar-refractivity contribution in [1.29, 1.82) is 0 Å². The van der Waals surface area contributed by atoms with Gasteiger partial charge in [-0.15, -0.1) is 0 Å². The Hall–Kier alpha value is -3.32. The number of hydrogen-bond donors (Lipinski definition) is 1. The highest BCUT2D eigenvalue weighted by atomic mass is 32.2. The Labute approximate surface area is 195 Å². The Morgan fingerprint density at radius 1 is 0.909 bits per heavy atom. The van der Waals surface area contributed by atoms with E-state index in [-0.39, 0.29) is 10.3 Å². The van der Waals surface area contributed by atoms with Crippen molar-refractivity contribution >= 4 is 32.3 Å². The third-order valence-corrected chi connectivity index (χ3v) is 7.06. The zero-order chi connectivity index (χ0) is 24.0. The summed E-state index contributed by atoms with van der Waals surface area (Å²) in [4.78, 5) is 2.28. The Balaban J connectivity index is 1.77. The maximum absolute atomic E-state index is 13.2. The smallest absolute Gasteiger partial charge is 0.263 e. The molecule has 1 aromatic heterocycles. The molecule has 0 aliphatic rings. The first-order chi connectivity index (χ1) is 15.5. The van der Waals surface area contributed by atoms with Gasteiger partial charge < -0.3 is 4.90 Å². The molecule has 0 aliphatic heterocycles. The van der Waals surface area contributed by atoms with Crippen LogP contribution >= 0.6 is 0 Å². The fourth-order valence-electron chi connectivity index (χ4n) is 3.93.